The molecule has 2 heteroatoms. The van der Waals surface area contributed by atoms with Crippen molar-refractivity contribution in [2.24, 2.45) is 0 Å². The third kappa shape index (κ3) is 3.60. The molecule has 0 radical (unpaired) electrons. The molecule has 1 aliphatic carbocycles. The van der Waals surface area contributed by atoms with Crippen LogP contribution in [0.3, 0.4) is 0 Å². The van der Waals surface area contributed by atoms with Crippen LogP contribution in [-0.2, 0) is 9.47 Å². The topological polar surface area (TPSA) is 18.5 Å². The number of unbranched alkanes of at least 4 members (excludes halogenated alkanes) is 2. The van der Waals surface area contributed by atoms with Crippen LogP contribution in [0.2, 0.25) is 0 Å². The zero-order chi connectivity index (χ0) is 10.2. The lowest BCUT2D eigenvalue weighted by Crippen LogP contribution is -2.12. The van der Waals surface area contributed by atoms with E-state index in [4.69, 9.17) is 9.47 Å². The molecule has 82 valence electrons. The minimum atomic E-state index is 0.854. The number of ether oxygens (including phenoxy) is 2. The van der Waals surface area contributed by atoms with E-state index >= 15 is 0 Å². The summed E-state index contributed by atoms with van der Waals surface area (Å²) in [6.45, 7) is 6.06. The first-order valence-corrected chi connectivity index (χ1v) is 5.86. The van der Waals surface area contributed by atoms with Gasteiger partial charge in [0, 0.05) is 12.8 Å². The van der Waals surface area contributed by atoms with Gasteiger partial charge in [0.25, 0.3) is 0 Å². The Balaban J connectivity index is 2.13. The lowest BCUT2D eigenvalue weighted by molar-refractivity contribution is 0.109. The minimum absolute atomic E-state index is 0.854. The van der Waals surface area contributed by atoms with Crippen LogP contribution in [0.25, 0.3) is 0 Å². The first-order valence-electron chi connectivity index (χ1n) is 5.86. The van der Waals surface area contributed by atoms with E-state index in [1.807, 2.05) is 0 Å². The predicted molar refractivity (Wildman–Crippen MR) is 58.0 cm³/mol. The van der Waals surface area contributed by atoms with E-state index in [1.165, 1.54) is 12.8 Å². The Labute approximate surface area is 87.3 Å². The Bertz CT molecular complexity index is 165. The van der Waals surface area contributed by atoms with E-state index in [-0.39, 0.29) is 0 Å². The molecule has 0 aromatic carbocycles. The van der Waals surface area contributed by atoms with Crippen molar-refractivity contribution in [1.29, 1.82) is 0 Å². The van der Waals surface area contributed by atoms with Gasteiger partial charge >= 0.3 is 0 Å². The number of allylic oxidation sites excluding steroid dienone is 2. The van der Waals surface area contributed by atoms with Gasteiger partial charge in [-0.05, 0) is 12.8 Å². The molecule has 0 heterocycles. The molecule has 0 spiro atoms. The van der Waals surface area contributed by atoms with Crippen LogP contribution < -0.4 is 0 Å². The van der Waals surface area contributed by atoms with Gasteiger partial charge in [-0.2, -0.15) is 0 Å². The number of rotatable bonds is 8. The summed E-state index contributed by atoms with van der Waals surface area (Å²) in [5, 5.41) is 0. The summed E-state index contributed by atoms with van der Waals surface area (Å²) in [5.74, 6) is 2.21. The third-order valence-corrected chi connectivity index (χ3v) is 2.44. The first kappa shape index (κ1) is 11.4. The van der Waals surface area contributed by atoms with Crippen molar-refractivity contribution in [3.8, 4) is 0 Å². The Hall–Kier alpha value is -0.660. The second-order valence-corrected chi connectivity index (χ2v) is 3.75. The van der Waals surface area contributed by atoms with E-state index in [1.54, 1.807) is 0 Å². The van der Waals surface area contributed by atoms with E-state index in [0.717, 1.165) is 50.4 Å². The van der Waals surface area contributed by atoms with Gasteiger partial charge in [-0.25, -0.2) is 0 Å². The van der Waals surface area contributed by atoms with Gasteiger partial charge in [-0.15, -0.1) is 0 Å². The Morgan fingerprint density at radius 1 is 0.857 bits per heavy atom. The highest BCUT2D eigenvalue weighted by Gasteiger charge is 2.19. The van der Waals surface area contributed by atoms with Gasteiger partial charge in [0.15, 0.2) is 0 Å². The molecule has 0 saturated heterocycles. The Morgan fingerprint density at radius 2 is 1.29 bits per heavy atom. The second kappa shape index (κ2) is 6.74. The van der Waals surface area contributed by atoms with E-state index in [0.29, 0.717) is 0 Å². The highest BCUT2D eigenvalue weighted by atomic mass is 16.5. The van der Waals surface area contributed by atoms with Gasteiger partial charge < -0.3 is 9.47 Å². The van der Waals surface area contributed by atoms with Crippen LogP contribution >= 0.6 is 0 Å². The fourth-order valence-electron chi connectivity index (χ4n) is 1.31. The van der Waals surface area contributed by atoms with Crippen molar-refractivity contribution in [1.82, 2.24) is 0 Å². The van der Waals surface area contributed by atoms with Crippen molar-refractivity contribution in [2.75, 3.05) is 13.2 Å². The summed E-state index contributed by atoms with van der Waals surface area (Å²) in [5.41, 5.74) is 0. The summed E-state index contributed by atoms with van der Waals surface area (Å²) in [6, 6.07) is 0. The molecule has 0 fully saturated rings. The highest BCUT2D eigenvalue weighted by Crippen LogP contribution is 2.29. The molecule has 0 amide bonds. The van der Waals surface area contributed by atoms with Gasteiger partial charge in [0.05, 0.1) is 13.2 Å². The molecule has 0 aromatic rings. The fourth-order valence-corrected chi connectivity index (χ4v) is 1.31. The SMILES string of the molecule is CCCCOC1=C(OCCCC)CC1. The third-order valence-electron chi connectivity index (χ3n) is 2.44. The summed E-state index contributed by atoms with van der Waals surface area (Å²) >= 11 is 0. The van der Waals surface area contributed by atoms with Crippen LogP contribution in [-0.4, -0.2) is 13.2 Å². The molecule has 0 unspecified atom stereocenters. The molecule has 0 aromatic heterocycles. The van der Waals surface area contributed by atoms with Crippen LogP contribution in [0.1, 0.15) is 52.4 Å². The molecule has 0 aliphatic heterocycles. The fraction of sp³-hybridized carbons (Fsp3) is 0.833. The van der Waals surface area contributed by atoms with Crippen molar-refractivity contribution in [3.63, 3.8) is 0 Å². The van der Waals surface area contributed by atoms with Crippen molar-refractivity contribution >= 4 is 0 Å². The van der Waals surface area contributed by atoms with Gasteiger partial charge in [-0.3, -0.25) is 0 Å². The van der Waals surface area contributed by atoms with E-state index in [2.05, 4.69) is 13.8 Å². The van der Waals surface area contributed by atoms with Crippen LogP contribution in [0.5, 0.6) is 0 Å². The lowest BCUT2D eigenvalue weighted by Gasteiger charge is -2.23. The normalized spacial score (nSPS) is 15.3. The zero-order valence-electron chi connectivity index (χ0n) is 9.47. The van der Waals surface area contributed by atoms with Gasteiger partial charge in [-0.1, -0.05) is 26.7 Å². The minimum Gasteiger partial charge on any atom is -0.494 e. The summed E-state index contributed by atoms with van der Waals surface area (Å²) in [7, 11) is 0. The maximum Gasteiger partial charge on any atom is 0.134 e. The summed E-state index contributed by atoms with van der Waals surface area (Å²) < 4.78 is 11.2. The van der Waals surface area contributed by atoms with Crippen molar-refractivity contribution < 1.29 is 9.47 Å². The quantitative estimate of drug-likeness (QED) is 0.554. The Morgan fingerprint density at radius 3 is 1.57 bits per heavy atom. The van der Waals surface area contributed by atoms with Crippen molar-refractivity contribution in [2.45, 2.75) is 52.4 Å². The molecule has 1 rings (SSSR count). The zero-order valence-corrected chi connectivity index (χ0v) is 9.47. The van der Waals surface area contributed by atoms with Gasteiger partial charge in [0.2, 0.25) is 0 Å². The average molecular weight is 198 g/mol. The summed E-state index contributed by atoms with van der Waals surface area (Å²) in [4.78, 5) is 0. The molecule has 14 heavy (non-hydrogen) atoms. The molecule has 0 bridgehead atoms. The summed E-state index contributed by atoms with van der Waals surface area (Å²) in [6.07, 6.45) is 6.83. The molecule has 2 nitrogen and oxygen atoms in total. The Kier molecular flexibility index (Phi) is 5.50. The standard InChI is InChI=1S/C12H22O2/c1-3-5-9-13-11-7-8-12(11)14-10-6-4-2/h3-10H2,1-2H3. The largest absolute Gasteiger partial charge is 0.494 e. The maximum absolute atomic E-state index is 5.62. The van der Waals surface area contributed by atoms with Gasteiger partial charge in [0.1, 0.15) is 11.5 Å². The highest BCUT2D eigenvalue weighted by molar-refractivity contribution is 5.13. The lowest BCUT2D eigenvalue weighted by atomic mass is 10.1. The van der Waals surface area contributed by atoms with Crippen LogP contribution in [0.4, 0.5) is 0 Å². The smallest absolute Gasteiger partial charge is 0.134 e. The molecule has 1 aliphatic rings. The molecule has 0 N–H and O–H groups in total. The molecular formula is C12H22O2. The van der Waals surface area contributed by atoms with Crippen LogP contribution in [0.15, 0.2) is 11.5 Å². The van der Waals surface area contributed by atoms with E-state index < -0.39 is 0 Å². The predicted octanol–water partition coefficient (Wildman–Crippen LogP) is 3.63. The molecular weight excluding hydrogens is 176 g/mol. The second-order valence-electron chi connectivity index (χ2n) is 3.75. The molecule has 0 saturated carbocycles. The average Bonchev–Trinajstić information content (AvgIpc) is 2.17. The molecule has 0 atom stereocenters. The van der Waals surface area contributed by atoms with E-state index in [9.17, 15) is 0 Å². The monoisotopic (exact) mass is 198 g/mol. The number of hydrogen-bond donors (Lipinski definition) is 0. The van der Waals surface area contributed by atoms with Crippen molar-refractivity contribution in [3.05, 3.63) is 11.5 Å². The maximum atomic E-state index is 5.62. The first-order chi connectivity index (χ1) is 6.88. The number of hydrogen-bond acceptors (Lipinski definition) is 2. The van der Waals surface area contributed by atoms with Crippen LogP contribution in [0, 0.1) is 0 Å².